The lowest BCUT2D eigenvalue weighted by Crippen LogP contribution is -2.14. The topological polar surface area (TPSA) is 60.7 Å². The highest BCUT2D eigenvalue weighted by Gasteiger charge is 2.18. The fourth-order valence-electron chi connectivity index (χ4n) is 3.78. The standard InChI is InChI=1S/C21H24N4O/c26-18-8-5-7-16(12-18)6-3-4-11-25-15-17(13-23-25)21-14-22-19-9-1-2-10-20(19)24-21/h1-2,9-10,13-16H,3-8,11-12H2. The van der Waals surface area contributed by atoms with E-state index in [0.29, 0.717) is 11.7 Å². The average molecular weight is 348 g/mol. The Balaban J connectivity index is 1.32. The first-order chi connectivity index (χ1) is 12.8. The van der Waals surface area contributed by atoms with Crippen molar-refractivity contribution in [1.29, 1.82) is 0 Å². The van der Waals surface area contributed by atoms with Crippen molar-refractivity contribution < 1.29 is 4.79 Å². The maximum atomic E-state index is 11.5. The minimum absolute atomic E-state index is 0.453. The molecule has 0 bridgehead atoms. The Labute approximate surface area is 153 Å². The van der Waals surface area contributed by atoms with Gasteiger partial charge in [0.2, 0.25) is 0 Å². The average Bonchev–Trinajstić information content (AvgIpc) is 3.14. The van der Waals surface area contributed by atoms with Crippen LogP contribution in [0.1, 0.15) is 44.9 Å². The molecule has 5 heteroatoms. The third-order valence-electron chi connectivity index (χ3n) is 5.21. The summed E-state index contributed by atoms with van der Waals surface area (Å²) in [7, 11) is 0. The van der Waals surface area contributed by atoms with E-state index in [4.69, 9.17) is 0 Å². The van der Waals surface area contributed by atoms with E-state index in [0.717, 1.165) is 67.4 Å². The number of ketones is 1. The molecule has 1 aliphatic rings. The van der Waals surface area contributed by atoms with E-state index < -0.39 is 0 Å². The zero-order chi connectivity index (χ0) is 17.8. The van der Waals surface area contributed by atoms with Crippen molar-refractivity contribution in [3.63, 3.8) is 0 Å². The van der Waals surface area contributed by atoms with E-state index in [1.165, 1.54) is 6.42 Å². The van der Waals surface area contributed by atoms with Crippen molar-refractivity contribution >= 4 is 16.8 Å². The molecule has 1 aliphatic carbocycles. The lowest BCUT2D eigenvalue weighted by molar-refractivity contribution is -0.121. The van der Waals surface area contributed by atoms with Gasteiger partial charge in [-0.25, -0.2) is 4.98 Å². The Kier molecular flexibility index (Phi) is 5.04. The highest BCUT2D eigenvalue weighted by Crippen LogP contribution is 2.26. The summed E-state index contributed by atoms with van der Waals surface area (Å²) in [5, 5.41) is 4.46. The molecule has 3 aromatic rings. The molecule has 1 unspecified atom stereocenters. The number of carbonyl (C=O) groups is 1. The molecule has 2 aromatic heterocycles. The summed E-state index contributed by atoms with van der Waals surface area (Å²) in [5.74, 6) is 1.06. The molecule has 4 rings (SSSR count). The van der Waals surface area contributed by atoms with Crippen molar-refractivity contribution in [1.82, 2.24) is 19.7 Å². The molecule has 0 aliphatic heterocycles. The van der Waals surface area contributed by atoms with Gasteiger partial charge in [-0.15, -0.1) is 0 Å². The van der Waals surface area contributed by atoms with Crippen molar-refractivity contribution in [2.24, 2.45) is 5.92 Å². The molecule has 0 spiro atoms. The van der Waals surface area contributed by atoms with Crippen LogP contribution in [0.25, 0.3) is 22.3 Å². The normalized spacial score (nSPS) is 17.7. The molecule has 0 radical (unpaired) electrons. The second kappa shape index (κ2) is 7.77. The van der Waals surface area contributed by atoms with Crippen molar-refractivity contribution in [3.8, 4) is 11.3 Å². The SMILES string of the molecule is O=C1CCCC(CCCCn2cc(-c3cnc4ccccc4n3)cn2)C1. The third-order valence-corrected chi connectivity index (χ3v) is 5.21. The molecular formula is C21H24N4O. The molecule has 0 saturated heterocycles. The molecule has 2 heterocycles. The second-order valence-corrected chi connectivity index (χ2v) is 7.23. The van der Waals surface area contributed by atoms with Crippen LogP contribution in [0.4, 0.5) is 0 Å². The Morgan fingerprint density at radius 2 is 2.00 bits per heavy atom. The third kappa shape index (κ3) is 3.98. The molecule has 1 aromatic carbocycles. The number of rotatable bonds is 6. The minimum Gasteiger partial charge on any atom is -0.300 e. The smallest absolute Gasteiger partial charge is 0.133 e. The van der Waals surface area contributed by atoms with Gasteiger partial charge in [-0.2, -0.15) is 5.10 Å². The van der Waals surface area contributed by atoms with Gasteiger partial charge in [0.05, 0.1) is 29.1 Å². The second-order valence-electron chi connectivity index (χ2n) is 7.23. The summed E-state index contributed by atoms with van der Waals surface area (Å²) in [6.07, 6.45) is 13.0. The first-order valence-corrected chi connectivity index (χ1v) is 9.54. The summed E-state index contributed by atoms with van der Waals surface area (Å²) in [6.45, 7) is 0.904. The highest BCUT2D eigenvalue weighted by atomic mass is 16.1. The Morgan fingerprint density at radius 3 is 2.88 bits per heavy atom. The number of para-hydroxylation sites is 2. The van der Waals surface area contributed by atoms with Crippen LogP contribution in [-0.4, -0.2) is 25.5 Å². The van der Waals surface area contributed by atoms with Crippen LogP contribution in [0, 0.1) is 5.92 Å². The molecule has 26 heavy (non-hydrogen) atoms. The lowest BCUT2D eigenvalue weighted by atomic mass is 9.85. The number of hydrogen-bond acceptors (Lipinski definition) is 4. The van der Waals surface area contributed by atoms with E-state index >= 15 is 0 Å². The number of Topliss-reactive ketones (excluding diaryl/α,β-unsaturated/α-hetero) is 1. The zero-order valence-corrected chi connectivity index (χ0v) is 15.0. The number of aryl methyl sites for hydroxylation is 1. The molecule has 1 fully saturated rings. The summed E-state index contributed by atoms with van der Waals surface area (Å²) < 4.78 is 1.98. The predicted molar refractivity (Wildman–Crippen MR) is 102 cm³/mol. The van der Waals surface area contributed by atoms with Crippen molar-refractivity contribution in [2.45, 2.75) is 51.5 Å². The molecule has 134 valence electrons. The summed E-state index contributed by atoms with van der Waals surface area (Å²) >= 11 is 0. The van der Waals surface area contributed by atoms with Gasteiger partial charge in [0.1, 0.15) is 5.78 Å². The van der Waals surface area contributed by atoms with E-state index in [1.807, 2.05) is 47.5 Å². The molecule has 1 atom stereocenters. The number of carbonyl (C=O) groups excluding carboxylic acids is 1. The maximum Gasteiger partial charge on any atom is 0.133 e. The summed E-state index contributed by atoms with van der Waals surface area (Å²) in [6, 6.07) is 7.89. The van der Waals surface area contributed by atoms with Crippen LogP contribution in [0.3, 0.4) is 0 Å². The number of aromatic nitrogens is 4. The van der Waals surface area contributed by atoms with Crippen LogP contribution in [0.2, 0.25) is 0 Å². The van der Waals surface area contributed by atoms with Gasteiger partial charge in [-0.3, -0.25) is 14.5 Å². The Hall–Kier alpha value is -2.56. The Morgan fingerprint density at radius 1 is 1.12 bits per heavy atom. The van der Waals surface area contributed by atoms with Crippen LogP contribution in [0.15, 0.2) is 42.9 Å². The van der Waals surface area contributed by atoms with Gasteiger partial charge in [0.25, 0.3) is 0 Å². The predicted octanol–water partition coefficient (Wildman–Crippen LogP) is 4.42. The van der Waals surface area contributed by atoms with Gasteiger partial charge in [0, 0.05) is 31.1 Å². The molecule has 0 N–H and O–H groups in total. The summed E-state index contributed by atoms with van der Waals surface area (Å²) in [5.41, 5.74) is 3.67. The van der Waals surface area contributed by atoms with Gasteiger partial charge >= 0.3 is 0 Å². The molecule has 5 nitrogen and oxygen atoms in total. The van der Waals surface area contributed by atoms with E-state index in [1.54, 1.807) is 0 Å². The highest BCUT2D eigenvalue weighted by molar-refractivity contribution is 5.79. The lowest BCUT2D eigenvalue weighted by Gasteiger charge is -2.20. The Bertz CT molecular complexity index is 902. The van der Waals surface area contributed by atoms with Crippen molar-refractivity contribution in [3.05, 3.63) is 42.9 Å². The minimum atomic E-state index is 0.453. The molecule has 0 amide bonds. The number of nitrogens with zero attached hydrogens (tertiary/aromatic N) is 4. The fraction of sp³-hybridized carbons (Fsp3) is 0.429. The van der Waals surface area contributed by atoms with E-state index in [-0.39, 0.29) is 0 Å². The van der Waals surface area contributed by atoms with Gasteiger partial charge in [-0.05, 0) is 43.7 Å². The number of benzene rings is 1. The van der Waals surface area contributed by atoms with Crippen molar-refractivity contribution in [2.75, 3.05) is 0 Å². The molecular weight excluding hydrogens is 324 g/mol. The van der Waals surface area contributed by atoms with Crippen LogP contribution < -0.4 is 0 Å². The van der Waals surface area contributed by atoms with E-state index in [9.17, 15) is 4.79 Å². The first-order valence-electron chi connectivity index (χ1n) is 9.54. The number of hydrogen-bond donors (Lipinski definition) is 0. The largest absolute Gasteiger partial charge is 0.300 e. The fourth-order valence-corrected chi connectivity index (χ4v) is 3.78. The van der Waals surface area contributed by atoms with Gasteiger partial charge in [0.15, 0.2) is 0 Å². The van der Waals surface area contributed by atoms with Gasteiger partial charge < -0.3 is 0 Å². The quantitative estimate of drug-likeness (QED) is 0.619. The van der Waals surface area contributed by atoms with Crippen LogP contribution in [0.5, 0.6) is 0 Å². The van der Waals surface area contributed by atoms with Gasteiger partial charge in [-0.1, -0.05) is 18.6 Å². The van der Waals surface area contributed by atoms with E-state index in [2.05, 4.69) is 15.1 Å². The maximum absolute atomic E-state index is 11.5. The van der Waals surface area contributed by atoms with Crippen LogP contribution in [-0.2, 0) is 11.3 Å². The zero-order valence-electron chi connectivity index (χ0n) is 15.0. The van der Waals surface area contributed by atoms with Crippen LogP contribution >= 0.6 is 0 Å². The number of unbranched alkanes of at least 4 members (excludes halogenated alkanes) is 1. The number of fused-ring (bicyclic) bond motifs is 1. The first kappa shape index (κ1) is 16.9. The summed E-state index contributed by atoms with van der Waals surface area (Å²) in [4.78, 5) is 20.7. The monoisotopic (exact) mass is 348 g/mol. The molecule has 1 saturated carbocycles.